The average molecular weight is 519 g/mol. The molecule has 0 radical (unpaired) electrons. The smallest absolute Gasteiger partial charge is 0.364 e. The molecule has 1 aromatic heterocycles. The second-order valence-electron chi connectivity index (χ2n) is 10.2. The molecule has 1 heterocycles. The SMILES string of the molecule is CCCCCCCCCCc1ccc(OC(=O)c2cnc(-c3ccc(CCCCCC)cc3)cn2)c(F)c1. The second-order valence-corrected chi connectivity index (χ2v) is 10.2. The standard InChI is InChI=1S/C33H43FN2O2/c1-3-5-7-9-10-11-12-14-16-27-19-22-32(29(34)23-27)38-33(37)31-25-35-30(24-36-31)28-20-17-26(18-21-28)15-13-8-6-4-2/h17-25H,3-16H2,1-2H3. The Labute approximate surface area is 228 Å². The van der Waals surface area contributed by atoms with E-state index in [1.165, 1.54) is 88.1 Å². The van der Waals surface area contributed by atoms with Crippen molar-refractivity contribution in [1.82, 2.24) is 9.97 Å². The summed E-state index contributed by atoms with van der Waals surface area (Å²) in [6.07, 6.45) is 19.7. The van der Waals surface area contributed by atoms with Gasteiger partial charge in [-0.05, 0) is 48.9 Å². The number of esters is 1. The Morgan fingerprint density at radius 3 is 1.89 bits per heavy atom. The molecule has 0 unspecified atom stereocenters. The van der Waals surface area contributed by atoms with Gasteiger partial charge >= 0.3 is 5.97 Å². The Balaban J connectivity index is 1.46. The minimum atomic E-state index is -0.721. The first kappa shape index (κ1) is 29.5. The third-order valence-electron chi connectivity index (χ3n) is 6.95. The minimum Gasteiger partial charge on any atom is -0.419 e. The van der Waals surface area contributed by atoms with Gasteiger partial charge in [0.1, 0.15) is 0 Å². The van der Waals surface area contributed by atoms with E-state index in [-0.39, 0.29) is 11.4 Å². The number of aromatic nitrogens is 2. The van der Waals surface area contributed by atoms with Crippen LogP contribution in [0.2, 0.25) is 0 Å². The van der Waals surface area contributed by atoms with Crippen molar-refractivity contribution in [2.24, 2.45) is 0 Å². The molecular formula is C33H43FN2O2. The summed E-state index contributed by atoms with van der Waals surface area (Å²) in [6, 6.07) is 13.1. The number of carbonyl (C=O) groups excluding carboxylic acids is 1. The van der Waals surface area contributed by atoms with Crippen LogP contribution in [0.25, 0.3) is 11.3 Å². The van der Waals surface area contributed by atoms with Gasteiger partial charge < -0.3 is 4.74 Å². The van der Waals surface area contributed by atoms with Crippen LogP contribution in [-0.2, 0) is 12.8 Å². The number of ether oxygens (including phenoxy) is 1. The lowest BCUT2D eigenvalue weighted by molar-refractivity contribution is 0.0721. The number of rotatable bonds is 17. The highest BCUT2D eigenvalue weighted by molar-refractivity contribution is 5.88. The molecule has 0 spiro atoms. The largest absolute Gasteiger partial charge is 0.419 e. The topological polar surface area (TPSA) is 52.1 Å². The third kappa shape index (κ3) is 10.00. The van der Waals surface area contributed by atoms with Gasteiger partial charge in [0, 0.05) is 5.56 Å². The van der Waals surface area contributed by atoms with Gasteiger partial charge in [0.25, 0.3) is 0 Å². The van der Waals surface area contributed by atoms with E-state index in [2.05, 4.69) is 35.9 Å². The highest BCUT2D eigenvalue weighted by Crippen LogP contribution is 2.22. The van der Waals surface area contributed by atoms with Crippen LogP contribution in [0.4, 0.5) is 4.39 Å². The van der Waals surface area contributed by atoms with Gasteiger partial charge in [-0.1, -0.05) is 108 Å². The van der Waals surface area contributed by atoms with E-state index < -0.39 is 11.8 Å². The van der Waals surface area contributed by atoms with Gasteiger partial charge in [0.15, 0.2) is 17.3 Å². The van der Waals surface area contributed by atoms with Gasteiger partial charge in [0.05, 0.1) is 18.1 Å². The molecule has 0 aliphatic heterocycles. The van der Waals surface area contributed by atoms with Crippen LogP contribution in [0.15, 0.2) is 54.9 Å². The molecule has 2 aromatic carbocycles. The Kier molecular flexibility index (Phi) is 13.0. The molecule has 3 aromatic rings. The lowest BCUT2D eigenvalue weighted by Gasteiger charge is -2.08. The summed E-state index contributed by atoms with van der Waals surface area (Å²) < 4.78 is 19.9. The monoisotopic (exact) mass is 518 g/mol. The van der Waals surface area contributed by atoms with Crippen molar-refractivity contribution in [1.29, 1.82) is 0 Å². The van der Waals surface area contributed by atoms with E-state index in [1.54, 1.807) is 6.20 Å². The average Bonchev–Trinajstić information content (AvgIpc) is 2.94. The fourth-order valence-corrected chi connectivity index (χ4v) is 4.58. The van der Waals surface area contributed by atoms with E-state index in [9.17, 15) is 9.18 Å². The van der Waals surface area contributed by atoms with E-state index in [4.69, 9.17) is 4.74 Å². The summed E-state index contributed by atoms with van der Waals surface area (Å²) in [5.41, 5.74) is 3.89. The molecule has 0 fully saturated rings. The molecular weight excluding hydrogens is 475 g/mol. The van der Waals surface area contributed by atoms with Crippen molar-refractivity contribution in [3.8, 4) is 17.0 Å². The van der Waals surface area contributed by atoms with Crippen LogP contribution in [0.3, 0.4) is 0 Å². The summed E-state index contributed by atoms with van der Waals surface area (Å²) >= 11 is 0. The number of nitrogens with zero attached hydrogens (tertiary/aromatic N) is 2. The number of hydrogen-bond acceptors (Lipinski definition) is 4. The molecule has 0 saturated carbocycles. The third-order valence-corrected chi connectivity index (χ3v) is 6.95. The molecule has 5 heteroatoms. The molecule has 0 bridgehead atoms. The predicted octanol–water partition coefficient (Wildman–Crippen LogP) is 9.31. The van der Waals surface area contributed by atoms with Crippen LogP contribution in [0.1, 0.15) is 113 Å². The van der Waals surface area contributed by atoms with Crippen LogP contribution in [0.5, 0.6) is 5.75 Å². The van der Waals surface area contributed by atoms with E-state index in [0.717, 1.165) is 36.8 Å². The molecule has 4 nitrogen and oxygen atoms in total. The van der Waals surface area contributed by atoms with Crippen LogP contribution in [-0.4, -0.2) is 15.9 Å². The van der Waals surface area contributed by atoms with E-state index in [1.807, 2.05) is 18.2 Å². The quantitative estimate of drug-likeness (QED) is 0.101. The van der Waals surface area contributed by atoms with Gasteiger partial charge in [0.2, 0.25) is 0 Å². The van der Waals surface area contributed by atoms with E-state index in [0.29, 0.717) is 5.69 Å². The van der Waals surface area contributed by atoms with Crippen molar-refractivity contribution < 1.29 is 13.9 Å². The Hall–Kier alpha value is -3.08. The molecule has 0 atom stereocenters. The minimum absolute atomic E-state index is 0.0451. The molecule has 3 rings (SSSR count). The lowest BCUT2D eigenvalue weighted by Crippen LogP contribution is -2.12. The summed E-state index contributed by atoms with van der Waals surface area (Å²) in [4.78, 5) is 21.1. The molecule has 0 N–H and O–H groups in total. The lowest BCUT2D eigenvalue weighted by atomic mass is 10.0. The number of carbonyl (C=O) groups is 1. The van der Waals surface area contributed by atoms with Gasteiger partial charge in [-0.2, -0.15) is 0 Å². The molecule has 0 aliphatic rings. The summed E-state index contributed by atoms with van der Waals surface area (Å²) in [6.45, 7) is 4.45. The number of halogens is 1. The number of hydrogen-bond donors (Lipinski definition) is 0. The zero-order chi connectivity index (χ0) is 27.0. The van der Waals surface area contributed by atoms with Crippen LogP contribution in [0, 0.1) is 5.82 Å². The predicted molar refractivity (Wildman–Crippen MR) is 153 cm³/mol. The molecule has 0 amide bonds. The maximum absolute atomic E-state index is 14.6. The Morgan fingerprint density at radius 1 is 0.711 bits per heavy atom. The van der Waals surface area contributed by atoms with Crippen molar-refractivity contribution in [2.75, 3.05) is 0 Å². The maximum atomic E-state index is 14.6. The fraction of sp³-hybridized carbons (Fsp3) is 0.485. The van der Waals surface area contributed by atoms with Crippen molar-refractivity contribution in [3.63, 3.8) is 0 Å². The normalized spacial score (nSPS) is 11.0. The maximum Gasteiger partial charge on any atom is 0.364 e. The van der Waals surface area contributed by atoms with Gasteiger partial charge in [-0.3, -0.25) is 4.98 Å². The molecule has 38 heavy (non-hydrogen) atoms. The molecule has 0 saturated heterocycles. The fourth-order valence-electron chi connectivity index (χ4n) is 4.58. The summed E-state index contributed by atoms with van der Waals surface area (Å²) in [5, 5.41) is 0. The van der Waals surface area contributed by atoms with Crippen LogP contribution < -0.4 is 4.74 Å². The van der Waals surface area contributed by atoms with Crippen molar-refractivity contribution >= 4 is 5.97 Å². The molecule has 204 valence electrons. The van der Waals surface area contributed by atoms with Crippen molar-refractivity contribution in [3.05, 3.63) is 77.5 Å². The highest BCUT2D eigenvalue weighted by atomic mass is 19.1. The summed E-state index contributed by atoms with van der Waals surface area (Å²) in [7, 11) is 0. The second kappa shape index (κ2) is 16.7. The Morgan fingerprint density at radius 2 is 1.29 bits per heavy atom. The van der Waals surface area contributed by atoms with Crippen molar-refractivity contribution in [2.45, 2.75) is 104 Å². The van der Waals surface area contributed by atoms with Gasteiger partial charge in [-0.15, -0.1) is 0 Å². The van der Waals surface area contributed by atoms with E-state index >= 15 is 0 Å². The number of aryl methyl sites for hydroxylation is 2. The van der Waals surface area contributed by atoms with Gasteiger partial charge in [-0.25, -0.2) is 14.2 Å². The first-order valence-corrected chi connectivity index (χ1v) is 14.5. The molecule has 0 aliphatic carbocycles. The summed E-state index contributed by atoms with van der Waals surface area (Å²) in [5.74, 6) is -1.34. The Bertz CT molecular complexity index is 1100. The first-order valence-electron chi connectivity index (χ1n) is 14.5. The number of benzene rings is 2. The first-order chi connectivity index (χ1) is 18.6. The van der Waals surface area contributed by atoms with Crippen LogP contribution >= 0.6 is 0 Å². The zero-order valence-electron chi connectivity index (χ0n) is 23.2. The zero-order valence-corrected chi connectivity index (χ0v) is 23.2. The number of unbranched alkanes of at least 4 members (excludes halogenated alkanes) is 10. The highest BCUT2D eigenvalue weighted by Gasteiger charge is 2.15.